The van der Waals surface area contributed by atoms with Crippen LogP contribution in [0.4, 0.5) is 0 Å². The summed E-state index contributed by atoms with van der Waals surface area (Å²) in [5, 5.41) is 0. The van der Waals surface area contributed by atoms with E-state index in [2.05, 4.69) is 20.8 Å². The molecule has 24 heavy (non-hydrogen) atoms. The minimum Gasteiger partial charge on any atom is -0.375 e. The van der Waals surface area contributed by atoms with Crippen LogP contribution in [-0.2, 0) is 19.0 Å². The average Bonchev–Trinajstić information content (AvgIpc) is 2.49. The predicted octanol–water partition coefficient (Wildman–Crippen LogP) is 4.21. The van der Waals surface area contributed by atoms with Crippen LogP contribution in [0.5, 0.6) is 0 Å². The van der Waals surface area contributed by atoms with Crippen LogP contribution in [-0.4, -0.2) is 38.5 Å². The van der Waals surface area contributed by atoms with Crippen molar-refractivity contribution in [1.29, 1.82) is 0 Å². The Morgan fingerprint density at radius 3 is 2.42 bits per heavy atom. The van der Waals surface area contributed by atoms with Crippen LogP contribution in [0.3, 0.4) is 0 Å². The first-order chi connectivity index (χ1) is 11.3. The molecule has 0 amide bonds. The van der Waals surface area contributed by atoms with Crippen molar-refractivity contribution in [3.05, 3.63) is 0 Å². The number of hydrogen-bond acceptors (Lipinski definition) is 4. The van der Waals surface area contributed by atoms with E-state index in [4.69, 9.17) is 14.2 Å². The van der Waals surface area contributed by atoms with Gasteiger partial charge in [-0.05, 0) is 49.9 Å². The summed E-state index contributed by atoms with van der Waals surface area (Å²) < 4.78 is 17.0. The summed E-state index contributed by atoms with van der Waals surface area (Å²) in [7, 11) is 0. The first-order valence-corrected chi connectivity index (χ1v) is 9.68. The summed E-state index contributed by atoms with van der Waals surface area (Å²) in [4.78, 5) is 12.7. The molecule has 3 unspecified atom stereocenters. The molecule has 140 valence electrons. The monoisotopic (exact) mass is 340 g/mol. The lowest BCUT2D eigenvalue weighted by molar-refractivity contribution is -0.179. The van der Waals surface area contributed by atoms with Gasteiger partial charge in [0.2, 0.25) is 0 Å². The van der Waals surface area contributed by atoms with E-state index >= 15 is 0 Å². The third-order valence-electron chi connectivity index (χ3n) is 6.38. The summed E-state index contributed by atoms with van der Waals surface area (Å²) in [5.74, 6) is 1.01. The van der Waals surface area contributed by atoms with Crippen LogP contribution in [0.15, 0.2) is 0 Å². The standard InChI is InChI=1S/C20H36O4/c1-6-23-18(24-7-2)14-22-13-15-16(21)9-10-17-19(3,4)11-8-12-20(15,17)5/h15,17-18H,6-14H2,1-5H3. The largest absolute Gasteiger partial charge is 0.375 e. The van der Waals surface area contributed by atoms with Crippen LogP contribution < -0.4 is 0 Å². The van der Waals surface area contributed by atoms with Crippen molar-refractivity contribution in [2.24, 2.45) is 22.7 Å². The molecular formula is C20H36O4. The molecule has 0 aromatic carbocycles. The number of ketones is 1. The van der Waals surface area contributed by atoms with Gasteiger partial charge in [-0.2, -0.15) is 0 Å². The van der Waals surface area contributed by atoms with Crippen LogP contribution in [0, 0.1) is 22.7 Å². The van der Waals surface area contributed by atoms with Crippen LogP contribution in [0.1, 0.15) is 66.7 Å². The summed E-state index contributed by atoms with van der Waals surface area (Å²) in [6.45, 7) is 13.1. The van der Waals surface area contributed by atoms with Crippen LogP contribution in [0.2, 0.25) is 0 Å². The van der Waals surface area contributed by atoms with Crippen LogP contribution in [0.25, 0.3) is 0 Å². The molecule has 0 heterocycles. The molecule has 0 aromatic rings. The van der Waals surface area contributed by atoms with Gasteiger partial charge in [-0.25, -0.2) is 0 Å². The van der Waals surface area contributed by atoms with Gasteiger partial charge >= 0.3 is 0 Å². The minimum atomic E-state index is -0.329. The summed E-state index contributed by atoms with van der Waals surface area (Å²) in [6.07, 6.45) is 5.04. The second-order valence-corrected chi connectivity index (χ2v) is 8.34. The van der Waals surface area contributed by atoms with Crippen molar-refractivity contribution >= 4 is 5.78 Å². The molecular weight excluding hydrogens is 304 g/mol. The molecule has 2 aliphatic carbocycles. The zero-order valence-electron chi connectivity index (χ0n) is 16.2. The minimum absolute atomic E-state index is 0.0136. The number of carbonyl (C=O) groups excluding carboxylic acids is 1. The molecule has 2 saturated carbocycles. The second kappa shape index (κ2) is 8.29. The first-order valence-electron chi connectivity index (χ1n) is 9.68. The number of carbonyl (C=O) groups is 1. The third kappa shape index (κ3) is 4.20. The van der Waals surface area contributed by atoms with Gasteiger partial charge in [0, 0.05) is 25.6 Å². The van der Waals surface area contributed by atoms with Crippen LogP contribution >= 0.6 is 0 Å². The zero-order valence-corrected chi connectivity index (χ0v) is 16.2. The van der Waals surface area contributed by atoms with Gasteiger partial charge in [-0.1, -0.05) is 27.2 Å². The van der Waals surface area contributed by atoms with Gasteiger partial charge in [-0.3, -0.25) is 4.79 Å². The number of fused-ring (bicyclic) bond motifs is 1. The molecule has 0 aromatic heterocycles. The molecule has 4 nitrogen and oxygen atoms in total. The van der Waals surface area contributed by atoms with E-state index in [9.17, 15) is 4.79 Å². The van der Waals surface area contributed by atoms with Crippen molar-refractivity contribution in [3.8, 4) is 0 Å². The van der Waals surface area contributed by atoms with E-state index in [-0.39, 0.29) is 17.6 Å². The summed E-state index contributed by atoms with van der Waals surface area (Å²) in [5.41, 5.74) is 0.398. The molecule has 0 aliphatic heterocycles. The number of Topliss-reactive ketones (excluding diaryl/α,β-unsaturated/α-hetero) is 1. The molecule has 0 bridgehead atoms. The number of ether oxygens (including phenoxy) is 3. The van der Waals surface area contributed by atoms with Crippen molar-refractivity contribution < 1.29 is 19.0 Å². The highest BCUT2D eigenvalue weighted by Crippen LogP contribution is 2.58. The smallest absolute Gasteiger partial charge is 0.180 e. The molecule has 2 rings (SSSR count). The molecule has 3 atom stereocenters. The Morgan fingerprint density at radius 1 is 1.12 bits per heavy atom. The van der Waals surface area contributed by atoms with E-state index < -0.39 is 0 Å². The third-order valence-corrected chi connectivity index (χ3v) is 6.38. The van der Waals surface area contributed by atoms with Gasteiger partial charge in [-0.15, -0.1) is 0 Å². The maximum absolute atomic E-state index is 12.7. The fraction of sp³-hybridized carbons (Fsp3) is 0.950. The van der Waals surface area contributed by atoms with E-state index in [1.165, 1.54) is 12.8 Å². The Hall–Kier alpha value is -0.450. The lowest BCUT2D eigenvalue weighted by Crippen LogP contribution is -2.53. The topological polar surface area (TPSA) is 44.8 Å². The highest BCUT2D eigenvalue weighted by atomic mass is 16.7. The normalized spacial score (nSPS) is 32.8. The van der Waals surface area contributed by atoms with Crippen molar-refractivity contribution in [2.75, 3.05) is 26.4 Å². The Balaban J connectivity index is 2.00. The molecule has 0 radical (unpaired) electrons. The highest BCUT2D eigenvalue weighted by Gasteiger charge is 2.54. The molecule has 0 N–H and O–H groups in total. The molecule has 0 spiro atoms. The highest BCUT2D eigenvalue weighted by molar-refractivity contribution is 5.83. The molecule has 4 heteroatoms. The molecule has 2 fully saturated rings. The van der Waals surface area contributed by atoms with Gasteiger partial charge in [0.15, 0.2) is 6.29 Å². The van der Waals surface area contributed by atoms with Crippen molar-refractivity contribution in [2.45, 2.75) is 73.0 Å². The maximum Gasteiger partial charge on any atom is 0.180 e. The van der Waals surface area contributed by atoms with E-state index in [0.29, 0.717) is 50.0 Å². The Labute approximate surface area is 147 Å². The second-order valence-electron chi connectivity index (χ2n) is 8.34. The fourth-order valence-corrected chi connectivity index (χ4v) is 5.21. The summed E-state index contributed by atoms with van der Waals surface area (Å²) in [6, 6.07) is 0. The first kappa shape index (κ1) is 19.9. The van der Waals surface area contributed by atoms with Gasteiger partial charge in [0.25, 0.3) is 0 Å². The van der Waals surface area contributed by atoms with Gasteiger partial charge < -0.3 is 14.2 Å². The van der Waals surface area contributed by atoms with E-state index in [0.717, 1.165) is 12.8 Å². The fourth-order valence-electron chi connectivity index (χ4n) is 5.21. The van der Waals surface area contributed by atoms with Crippen molar-refractivity contribution in [3.63, 3.8) is 0 Å². The molecule has 0 saturated heterocycles. The van der Waals surface area contributed by atoms with Gasteiger partial charge in [0.1, 0.15) is 5.78 Å². The van der Waals surface area contributed by atoms with E-state index in [1.807, 2.05) is 13.8 Å². The SMILES string of the molecule is CCOC(COCC1C(=O)CCC2C(C)(C)CCCC12C)OCC. The number of rotatable bonds is 8. The van der Waals surface area contributed by atoms with Crippen molar-refractivity contribution in [1.82, 2.24) is 0 Å². The lowest BCUT2D eigenvalue weighted by Gasteiger charge is -2.56. The maximum atomic E-state index is 12.7. The Bertz CT molecular complexity index is 414. The zero-order chi connectivity index (χ0) is 17.8. The molecule has 2 aliphatic rings. The quantitative estimate of drug-likeness (QED) is 0.621. The Morgan fingerprint density at radius 2 is 1.79 bits per heavy atom. The average molecular weight is 341 g/mol. The Kier molecular flexibility index (Phi) is 6.86. The number of hydrogen-bond donors (Lipinski definition) is 0. The predicted molar refractivity (Wildman–Crippen MR) is 94.8 cm³/mol. The lowest BCUT2D eigenvalue weighted by atomic mass is 9.48. The van der Waals surface area contributed by atoms with Gasteiger partial charge in [0.05, 0.1) is 13.2 Å². The summed E-state index contributed by atoms with van der Waals surface area (Å²) >= 11 is 0. The van der Waals surface area contributed by atoms with E-state index in [1.54, 1.807) is 0 Å².